The van der Waals surface area contributed by atoms with E-state index < -0.39 is 0 Å². The van der Waals surface area contributed by atoms with Crippen LogP contribution in [-0.2, 0) is 6.42 Å². The first-order valence-electron chi connectivity index (χ1n) is 6.45. The van der Waals surface area contributed by atoms with Gasteiger partial charge in [-0.15, -0.1) is 21.5 Å². The van der Waals surface area contributed by atoms with Gasteiger partial charge in [-0.2, -0.15) is 0 Å². The molecular formula is C13H15N5OS. The first-order chi connectivity index (χ1) is 9.78. The number of rotatable bonds is 3. The van der Waals surface area contributed by atoms with Gasteiger partial charge < -0.3 is 10.7 Å². The predicted molar refractivity (Wildman–Crippen MR) is 77.3 cm³/mol. The molecule has 0 aliphatic heterocycles. The second-order valence-electron chi connectivity index (χ2n) is 4.67. The highest BCUT2D eigenvalue weighted by Gasteiger charge is 2.23. The van der Waals surface area contributed by atoms with E-state index in [-0.39, 0.29) is 11.9 Å². The molecule has 3 rings (SSSR count). The maximum atomic E-state index is 12.2. The zero-order chi connectivity index (χ0) is 13.9. The van der Waals surface area contributed by atoms with E-state index in [2.05, 4.69) is 32.4 Å². The van der Waals surface area contributed by atoms with E-state index in [4.69, 9.17) is 5.84 Å². The van der Waals surface area contributed by atoms with E-state index in [1.54, 1.807) is 23.5 Å². The van der Waals surface area contributed by atoms with Crippen LogP contribution in [0.1, 0.15) is 39.8 Å². The summed E-state index contributed by atoms with van der Waals surface area (Å²) in [4.78, 5) is 13.6. The number of aromatic nitrogens is 2. The molecule has 7 heteroatoms. The van der Waals surface area contributed by atoms with Crippen molar-refractivity contribution >= 4 is 23.1 Å². The van der Waals surface area contributed by atoms with Gasteiger partial charge in [-0.3, -0.25) is 4.79 Å². The number of nitrogens with one attached hydrogen (secondary N) is 2. The largest absolute Gasteiger partial charge is 0.344 e. The van der Waals surface area contributed by atoms with Gasteiger partial charge in [0.1, 0.15) is 0 Å². The first-order valence-corrected chi connectivity index (χ1v) is 7.33. The van der Waals surface area contributed by atoms with Gasteiger partial charge in [0.2, 0.25) is 0 Å². The average molecular weight is 289 g/mol. The molecule has 0 saturated carbocycles. The molecule has 2 aromatic heterocycles. The number of hydrogen-bond acceptors (Lipinski definition) is 6. The summed E-state index contributed by atoms with van der Waals surface area (Å²) in [7, 11) is 0. The van der Waals surface area contributed by atoms with Gasteiger partial charge in [0.05, 0.1) is 6.04 Å². The van der Waals surface area contributed by atoms with Crippen molar-refractivity contribution in [2.45, 2.75) is 25.3 Å². The zero-order valence-corrected chi connectivity index (χ0v) is 11.6. The molecule has 1 atom stereocenters. The molecule has 0 radical (unpaired) electrons. The number of thiophene rings is 1. The Balaban J connectivity index is 1.73. The van der Waals surface area contributed by atoms with Gasteiger partial charge >= 0.3 is 0 Å². The first kappa shape index (κ1) is 13.0. The molecular weight excluding hydrogens is 274 g/mol. The van der Waals surface area contributed by atoms with Crippen molar-refractivity contribution in [2.24, 2.45) is 5.84 Å². The summed E-state index contributed by atoms with van der Waals surface area (Å²) in [5.74, 6) is 5.44. The number of nitrogens with two attached hydrogens (primary N) is 1. The molecule has 104 valence electrons. The summed E-state index contributed by atoms with van der Waals surface area (Å²) in [5.41, 5.74) is 3.92. The lowest BCUT2D eigenvalue weighted by atomic mass is 9.94. The monoisotopic (exact) mass is 289 g/mol. The lowest BCUT2D eigenvalue weighted by molar-refractivity contribution is 0.0927. The number of hydrazine groups is 1. The molecule has 1 unspecified atom stereocenters. The van der Waals surface area contributed by atoms with E-state index in [0.29, 0.717) is 11.5 Å². The molecule has 0 spiro atoms. The summed E-state index contributed by atoms with van der Waals surface area (Å²) in [6.07, 6.45) is 3.17. The van der Waals surface area contributed by atoms with E-state index in [1.165, 1.54) is 10.4 Å². The minimum atomic E-state index is -0.204. The van der Waals surface area contributed by atoms with Gasteiger partial charge in [0.25, 0.3) is 5.91 Å². The van der Waals surface area contributed by atoms with Gasteiger partial charge in [0, 0.05) is 4.88 Å². The van der Waals surface area contributed by atoms with Crippen molar-refractivity contribution in [1.82, 2.24) is 15.5 Å². The van der Waals surface area contributed by atoms with Gasteiger partial charge in [0.15, 0.2) is 11.5 Å². The summed E-state index contributed by atoms with van der Waals surface area (Å²) in [5, 5.41) is 12.8. The number of nitrogens with zero attached hydrogens (tertiary/aromatic N) is 2. The Morgan fingerprint density at radius 2 is 2.25 bits per heavy atom. The highest BCUT2D eigenvalue weighted by Crippen LogP contribution is 2.33. The van der Waals surface area contributed by atoms with Gasteiger partial charge in [-0.1, -0.05) is 0 Å². The van der Waals surface area contributed by atoms with Crippen LogP contribution < -0.4 is 16.6 Å². The standard InChI is InChI=1S/C13H15N5OS/c14-16-12-5-4-10(17-18-12)13(19)15-9-2-1-3-11-8(9)6-7-20-11/h4-7,9H,1-3,14H2,(H,15,19)(H,16,18). The van der Waals surface area contributed by atoms with Crippen LogP contribution in [0.25, 0.3) is 0 Å². The van der Waals surface area contributed by atoms with Crippen LogP contribution in [0, 0.1) is 0 Å². The fraction of sp³-hybridized carbons (Fsp3) is 0.308. The molecule has 0 fully saturated rings. The maximum absolute atomic E-state index is 12.2. The Bertz CT molecular complexity index is 609. The van der Waals surface area contributed by atoms with Crippen molar-refractivity contribution in [3.05, 3.63) is 39.7 Å². The number of carbonyl (C=O) groups is 1. The third-order valence-electron chi connectivity index (χ3n) is 3.40. The van der Waals surface area contributed by atoms with Crippen LogP contribution in [0.2, 0.25) is 0 Å². The zero-order valence-electron chi connectivity index (χ0n) is 10.8. The van der Waals surface area contributed by atoms with E-state index in [9.17, 15) is 4.79 Å². The minimum Gasteiger partial charge on any atom is -0.344 e. The molecule has 0 aromatic carbocycles. The number of nitrogen functional groups attached to an aromatic ring is 1. The van der Waals surface area contributed by atoms with Gasteiger partial charge in [-0.25, -0.2) is 5.84 Å². The molecule has 6 nitrogen and oxygen atoms in total. The van der Waals surface area contributed by atoms with Crippen LogP contribution in [-0.4, -0.2) is 16.1 Å². The topological polar surface area (TPSA) is 92.9 Å². The Kier molecular flexibility index (Phi) is 3.62. The number of hydrogen-bond donors (Lipinski definition) is 3. The Morgan fingerprint density at radius 1 is 1.35 bits per heavy atom. The Morgan fingerprint density at radius 3 is 3.00 bits per heavy atom. The van der Waals surface area contributed by atoms with E-state index in [0.717, 1.165) is 19.3 Å². The second-order valence-corrected chi connectivity index (χ2v) is 5.67. The highest BCUT2D eigenvalue weighted by atomic mass is 32.1. The van der Waals surface area contributed by atoms with E-state index in [1.807, 2.05) is 0 Å². The number of aryl methyl sites for hydroxylation is 1. The quantitative estimate of drug-likeness (QED) is 0.590. The minimum absolute atomic E-state index is 0.0756. The third kappa shape index (κ3) is 2.50. The third-order valence-corrected chi connectivity index (χ3v) is 4.40. The summed E-state index contributed by atoms with van der Waals surface area (Å²) in [6.45, 7) is 0. The van der Waals surface area contributed by atoms with Crippen LogP contribution in [0.3, 0.4) is 0 Å². The maximum Gasteiger partial charge on any atom is 0.272 e. The predicted octanol–water partition coefficient (Wildman–Crippen LogP) is 1.63. The molecule has 0 saturated heterocycles. The van der Waals surface area contributed by atoms with Crippen LogP contribution in [0.5, 0.6) is 0 Å². The molecule has 1 amide bonds. The number of fused-ring (bicyclic) bond motifs is 1. The van der Waals surface area contributed by atoms with E-state index >= 15 is 0 Å². The van der Waals surface area contributed by atoms with Crippen LogP contribution in [0.4, 0.5) is 5.82 Å². The lowest BCUT2D eigenvalue weighted by Gasteiger charge is -2.23. The fourth-order valence-corrected chi connectivity index (χ4v) is 3.39. The van der Waals surface area contributed by atoms with Crippen molar-refractivity contribution in [3.63, 3.8) is 0 Å². The number of carbonyl (C=O) groups excluding carboxylic acids is 1. The van der Waals surface area contributed by atoms with Crippen molar-refractivity contribution < 1.29 is 4.79 Å². The van der Waals surface area contributed by atoms with Gasteiger partial charge in [-0.05, 0) is 48.4 Å². The van der Waals surface area contributed by atoms with Crippen LogP contribution in [0.15, 0.2) is 23.6 Å². The average Bonchev–Trinajstić information content (AvgIpc) is 2.97. The molecule has 0 bridgehead atoms. The lowest BCUT2D eigenvalue weighted by Crippen LogP contribution is -2.31. The van der Waals surface area contributed by atoms with Crippen molar-refractivity contribution in [1.29, 1.82) is 0 Å². The molecule has 4 N–H and O–H groups in total. The summed E-state index contributed by atoms with van der Waals surface area (Å²) < 4.78 is 0. The molecule has 1 aliphatic rings. The molecule has 20 heavy (non-hydrogen) atoms. The smallest absolute Gasteiger partial charge is 0.272 e. The SMILES string of the molecule is NNc1ccc(C(=O)NC2CCCc3sccc32)nn1. The van der Waals surface area contributed by atoms with Crippen molar-refractivity contribution in [2.75, 3.05) is 5.43 Å². The molecule has 2 aromatic rings. The Hall–Kier alpha value is -1.99. The highest BCUT2D eigenvalue weighted by molar-refractivity contribution is 7.10. The van der Waals surface area contributed by atoms with Crippen molar-refractivity contribution in [3.8, 4) is 0 Å². The normalized spacial score (nSPS) is 17.4. The number of anilines is 1. The molecule has 1 aliphatic carbocycles. The summed E-state index contributed by atoms with van der Waals surface area (Å²) >= 11 is 1.76. The Labute approximate surface area is 120 Å². The summed E-state index contributed by atoms with van der Waals surface area (Å²) in [6, 6.07) is 5.40. The fourth-order valence-electron chi connectivity index (χ4n) is 2.40. The van der Waals surface area contributed by atoms with Crippen LogP contribution >= 0.6 is 11.3 Å². The second kappa shape index (κ2) is 5.56. The number of amides is 1. The molecule has 2 heterocycles.